The van der Waals surface area contributed by atoms with E-state index in [1.165, 1.54) is 0 Å². The van der Waals surface area contributed by atoms with E-state index in [1.807, 2.05) is 30.5 Å². The van der Waals surface area contributed by atoms with Crippen LogP contribution in [-0.2, 0) is 0 Å². The molecule has 1 N–H and O–H groups in total. The number of hydrazone groups is 1. The highest BCUT2D eigenvalue weighted by Crippen LogP contribution is 2.12. The Kier molecular flexibility index (Phi) is 4.48. The Hall–Kier alpha value is -1.21. The molecule has 2 aromatic rings. The van der Waals surface area contributed by atoms with Gasteiger partial charge in [0, 0.05) is 14.0 Å². The van der Waals surface area contributed by atoms with Crippen molar-refractivity contribution in [2.45, 2.75) is 6.92 Å². The van der Waals surface area contributed by atoms with Crippen molar-refractivity contribution in [1.29, 1.82) is 0 Å². The van der Waals surface area contributed by atoms with Crippen LogP contribution in [-0.4, -0.2) is 12.1 Å². The van der Waals surface area contributed by atoms with Crippen molar-refractivity contribution in [2.24, 2.45) is 5.10 Å². The first-order valence-electron chi connectivity index (χ1n) is 5.30. The summed E-state index contributed by atoms with van der Waals surface area (Å²) >= 11 is 3.80. The molecule has 18 heavy (non-hydrogen) atoms. The molecule has 0 bridgehead atoms. The molecule has 0 radical (unpaired) electrons. The molecule has 2 rings (SSSR count). The second-order valence-electron chi connectivity index (χ2n) is 3.67. The Labute approximate surface area is 123 Å². The van der Waals surface area contributed by atoms with E-state index >= 15 is 0 Å². The van der Waals surface area contributed by atoms with Gasteiger partial charge in [-0.25, -0.2) is 5.43 Å². The van der Waals surface area contributed by atoms with E-state index in [1.54, 1.807) is 29.7 Å². The first kappa shape index (κ1) is 13.2. The normalized spacial score (nSPS) is 10.8. The minimum absolute atomic E-state index is 0.197. The average molecular weight is 370 g/mol. The lowest BCUT2D eigenvalue weighted by Gasteiger charge is -1.99. The van der Waals surface area contributed by atoms with Gasteiger partial charge in [-0.05, 0) is 70.8 Å². The van der Waals surface area contributed by atoms with Crippen LogP contribution in [0.5, 0.6) is 0 Å². The van der Waals surface area contributed by atoms with Crippen molar-refractivity contribution >= 4 is 46.0 Å². The molecule has 1 heterocycles. The van der Waals surface area contributed by atoms with Crippen LogP contribution < -0.4 is 5.43 Å². The molecule has 0 saturated heterocycles. The Bertz CT molecular complexity index is 575. The Balaban J connectivity index is 1.98. The van der Waals surface area contributed by atoms with Crippen LogP contribution in [0.1, 0.15) is 20.8 Å². The molecule has 0 aliphatic rings. The minimum atomic E-state index is -0.197. The molecule has 0 saturated carbocycles. The van der Waals surface area contributed by atoms with E-state index in [0.717, 1.165) is 14.0 Å². The lowest BCUT2D eigenvalue weighted by Crippen LogP contribution is -2.17. The number of halogens is 1. The van der Waals surface area contributed by atoms with Gasteiger partial charge in [-0.15, -0.1) is 11.3 Å². The van der Waals surface area contributed by atoms with Gasteiger partial charge < -0.3 is 0 Å². The number of hydrogen-bond donors (Lipinski definition) is 1. The fourth-order valence-electron chi connectivity index (χ4n) is 1.33. The standard InChI is InChI=1S/C13H11IN2OS/c1-9-6-7-18-12(9)8-15-16-13(17)10-2-4-11(14)5-3-10/h2-8H,1H3,(H,16,17)/b15-8-. The molecule has 0 spiro atoms. The molecule has 1 aromatic carbocycles. The molecule has 92 valence electrons. The smallest absolute Gasteiger partial charge is 0.267 e. The number of nitrogens with zero attached hydrogens (tertiary/aromatic N) is 1. The first-order chi connectivity index (χ1) is 8.66. The zero-order chi connectivity index (χ0) is 13.0. The summed E-state index contributed by atoms with van der Waals surface area (Å²) in [5.74, 6) is -0.197. The van der Waals surface area contributed by atoms with Gasteiger partial charge in [-0.3, -0.25) is 4.79 Å². The summed E-state index contributed by atoms with van der Waals surface area (Å²) in [5.41, 5.74) is 4.29. The van der Waals surface area contributed by atoms with Gasteiger partial charge in [0.25, 0.3) is 5.91 Å². The molecule has 5 heteroatoms. The van der Waals surface area contributed by atoms with E-state index < -0.39 is 0 Å². The minimum Gasteiger partial charge on any atom is -0.267 e. The van der Waals surface area contributed by atoms with Gasteiger partial charge in [0.15, 0.2) is 0 Å². The van der Waals surface area contributed by atoms with Crippen LogP contribution in [0.3, 0.4) is 0 Å². The number of nitrogens with one attached hydrogen (secondary N) is 1. The summed E-state index contributed by atoms with van der Waals surface area (Å²) in [7, 11) is 0. The third kappa shape index (κ3) is 3.39. The average Bonchev–Trinajstić information content (AvgIpc) is 2.76. The zero-order valence-corrected chi connectivity index (χ0v) is 12.7. The molecule has 1 aromatic heterocycles. The summed E-state index contributed by atoms with van der Waals surface area (Å²) in [4.78, 5) is 12.8. The molecular weight excluding hydrogens is 359 g/mol. The molecule has 0 atom stereocenters. The predicted octanol–water partition coefficient (Wildman–Crippen LogP) is 3.43. The van der Waals surface area contributed by atoms with E-state index in [2.05, 4.69) is 33.1 Å². The van der Waals surface area contributed by atoms with Crippen molar-refractivity contribution in [3.8, 4) is 0 Å². The third-order valence-electron chi connectivity index (χ3n) is 2.36. The van der Waals surface area contributed by atoms with E-state index in [-0.39, 0.29) is 5.91 Å². The monoisotopic (exact) mass is 370 g/mol. The SMILES string of the molecule is Cc1ccsc1/C=N\NC(=O)c1ccc(I)cc1. The number of benzene rings is 1. The van der Waals surface area contributed by atoms with E-state index in [0.29, 0.717) is 5.56 Å². The summed E-state index contributed by atoms with van der Waals surface area (Å²) in [6, 6.07) is 9.37. The van der Waals surface area contributed by atoms with Crippen molar-refractivity contribution in [3.63, 3.8) is 0 Å². The fraction of sp³-hybridized carbons (Fsp3) is 0.0769. The Morgan fingerprint density at radius 3 is 2.67 bits per heavy atom. The number of aryl methyl sites for hydroxylation is 1. The fourth-order valence-corrected chi connectivity index (χ4v) is 2.48. The predicted molar refractivity (Wildman–Crippen MR) is 83.3 cm³/mol. The number of hydrogen-bond acceptors (Lipinski definition) is 3. The molecule has 0 aliphatic carbocycles. The van der Waals surface area contributed by atoms with Gasteiger partial charge in [0.05, 0.1) is 6.21 Å². The highest BCUT2D eigenvalue weighted by Gasteiger charge is 2.03. The topological polar surface area (TPSA) is 41.5 Å². The highest BCUT2D eigenvalue weighted by atomic mass is 127. The van der Waals surface area contributed by atoms with Gasteiger partial charge in [0.2, 0.25) is 0 Å². The second-order valence-corrected chi connectivity index (χ2v) is 5.87. The molecule has 0 aliphatic heterocycles. The van der Waals surface area contributed by atoms with Gasteiger partial charge >= 0.3 is 0 Å². The van der Waals surface area contributed by atoms with Gasteiger partial charge in [0.1, 0.15) is 0 Å². The maximum atomic E-state index is 11.7. The number of thiophene rings is 1. The van der Waals surface area contributed by atoms with Gasteiger partial charge in [-0.1, -0.05) is 0 Å². The number of carbonyl (C=O) groups excluding carboxylic acids is 1. The van der Waals surface area contributed by atoms with Crippen LogP contribution in [0.15, 0.2) is 40.8 Å². The lowest BCUT2D eigenvalue weighted by atomic mass is 10.2. The molecule has 3 nitrogen and oxygen atoms in total. The second kappa shape index (κ2) is 6.10. The highest BCUT2D eigenvalue weighted by molar-refractivity contribution is 14.1. The largest absolute Gasteiger partial charge is 0.271 e. The van der Waals surface area contributed by atoms with Crippen LogP contribution in [0.25, 0.3) is 0 Å². The van der Waals surface area contributed by atoms with Crippen molar-refractivity contribution in [1.82, 2.24) is 5.43 Å². The number of carbonyl (C=O) groups is 1. The number of amides is 1. The summed E-state index contributed by atoms with van der Waals surface area (Å²) < 4.78 is 1.10. The van der Waals surface area contributed by atoms with Crippen molar-refractivity contribution in [3.05, 3.63) is 55.3 Å². The molecule has 1 amide bonds. The van der Waals surface area contributed by atoms with Crippen LogP contribution in [0.2, 0.25) is 0 Å². The van der Waals surface area contributed by atoms with E-state index in [4.69, 9.17) is 0 Å². The summed E-state index contributed by atoms with van der Waals surface area (Å²) in [6.45, 7) is 2.01. The third-order valence-corrected chi connectivity index (χ3v) is 4.03. The lowest BCUT2D eigenvalue weighted by molar-refractivity contribution is 0.0955. The molecule has 0 unspecified atom stereocenters. The van der Waals surface area contributed by atoms with Crippen LogP contribution in [0.4, 0.5) is 0 Å². The van der Waals surface area contributed by atoms with Crippen LogP contribution in [0, 0.1) is 10.5 Å². The Morgan fingerprint density at radius 1 is 1.33 bits per heavy atom. The maximum Gasteiger partial charge on any atom is 0.271 e. The quantitative estimate of drug-likeness (QED) is 0.502. The van der Waals surface area contributed by atoms with Crippen molar-refractivity contribution < 1.29 is 4.79 Å². The Morgan fingerprint density at radius 2 is 2.06 bits per heavy atom. The van der Waals surface area contributed by atoms with Crippen LogP contribution >= 0.6 is 33.9 Å². The van der Waals surface area contributed by atoms with Gasteiger partial charge in [-0.2, -0.15) is 5.10 Å². The molecule has 0 fully saturated rings. The van der Waals surface area contributed by atoms with Crippen molar-refractivity contribution in [2.75, 3.05) is 0 Å². The number of rotatable bonds is 3. The molecular formula is C13H11IN2OS. The summed E-state index contributed by atoms with van der Waals surface area (Å²) in [6.07, 6.45) is 1.67. The zero-order valence-electron chi connectivity index (χ0n) is 9.68. The van der Waals surface area contributed by atoms with E-state index in [9.17, 15) is 4.79 Å². The summed E-state index contributed by atoms with van der Waals surface area (Å²) in [5, 5.41) is 5.96. The first-order valence-corrected chi connectivity index (χ1v) is 7.26. The maximum absolute atomic E-state index is 11.7.